The van der Waals surface area contributed by atoms with E-state index in [1.807, 2.05) is 22.4 Å². The molecule has 1 atom stereocenters. The van der Waals surface area contributed by atoms with Crippen LogP contribution >= 0.6 is 11.3 Å². The standard InChI is InChI=1S/C20H25N5O3S/c21-19(27)14-4-2-10-25(13-14)17-8-7-15(12-23-17)24-18(26)6-1-9-22-20(28)16-5-3-11-29-16/h3,5,7-8,11-12,14H,1-2,4,6,9-10,13H2,(H2,21,27)(H,22,28)(H,24,26). The second-order valence-electron chi connectivity index (χ2n) is 6.98. The van der Waals surface area contributed by atoms with Crippen LogP contribution in [0.3, 0.4) is 0 Å². The normalized spacial score (nSPS) is 16.3. The number of carbonyl (C=O) groups is 3. The SMILES string of the molecule is NC(=O)C1CCCN(c2ccc(NC(=O)CCCNC(=O)c3cccs3)cn2)C1. The minimum Gasteiger partial charge on any atom is -0.369 e. The number of nitrogens with two attached hydrogens (primary N) is 1. The predicted octanol–water partition coefficient (Wildman–Crippen LogP) is 1.99. The lowest BCUT2D eigenvalue weighted by molar-refractivity contribution is -0.122. The van der Waals surface area contributed by atoms with Crippen molar-refractivity contribution in [2.75, 3.05) is 29.9 Å². The van der Waals surface area contributed by atoms with Gasteiger partial charge in [-0.15, -0.1) is 11.3 Å². The van der Waals surface area contributed by atoms with Crippen molar-refractivity contribution in [1.82, 2.24) is 10.3 Å². The number of nitrogens with one attached hydrogen (secondary N) is 2. The van der Waals surface area contributed by atoms with Crippen molar-refractivity contribution in [2.45, 2.75) is 25.7 Å². The van der Waals surface area contributed by atoms with Crippen molar-refractivity contribution < 1.29 is 14.4 Å². The highest BCUT2D eigenvalue weighted by molar-refractivity contribution is 7.12. The summed E-state index contributed by atoms with van der Waals surface area (Å²) >= 11 is 1.39. The molecule has 3 amide bonds. The summed E-state index contributed by atoms with van der Waals surface area (Å²) in [5.74, 6) is 0.105. The number of amides is 3. The van der Waals surface area contributed by atoms with Crippen LogP contribution in [0.25, 0.3) is 0 Å². The molecule has 2 aromatic rings. The number of aromatic nitrogens is 1. The van der Waals surface area contributed by atoms with Crippen LogP contribution in [-0.2, 0) is 9.59 Å². The van der Waals surface area contributed by atoms with E-state index in [1.54, 1.807) is 18.3 Å². The molecule has 1 aliphatic rings. The number of hydrogen-bond donors (Lipinski definition) is 3. The summed E-state index contributed by atoms with van der Waals surface area (Å²) in [4.78, 5) is 42.4. The zero-order valence-electron chi connectivity index (χ0n) is 16.1. The number of rotatable bonds is 8. The Labute approximate surface area is 173 Å². The smallest absolute Gasteiger partial charge is 0.261 e. The lowest BCUT2D eigenvalue weighted by Gasteiger charge is -2.32. The first-order valence-corrected chi connectivity index (χ1v) is 10.5. The van der Waals surface area contributed by atoms with Crippen molar-refractivity contribution in [3.05, 3.63) is 40.7 Å². The van der Waals surface area contributed by atoms with Crippen molar-refractivity contribution in [3.8, 4) is 0 Å². The number of primary amides is 1. The highest BCUT2D eigenvalue weighted by Crippen LogP contribution is 2.22. The van der Waals surface area contributed by atoms with E-state index in [0.717, 1.165) is 25.2 Å². The summed E-state index contributed by atoms with van der Waals surface area (Å²) in [6.07, 6.45) is 4.18. The van der Waals surface area contributed by atoms with Gasteiger partial charge in [-0.05, 0) is 42.8 Å². The molecule has 0 aromatic carbocycles. The molecule has 0 bridgehead atoms. The highest BCUT2D eigenvalue weighted by atomic mass is 32.1. The van der Waals surface area contributed by atoms with E-state index in [1.165, 1.54) is 11.3 Å². The third kappa shape index (κ3) is 6.02. The lowest BCUT2D eigenvalue weighted by atomic mass is 9.97. The third-order valence-electron chi connectivity index (χ3n) is 4.79. The van der Waals surface area contributed by atoms with Crippen molar-refractivity contribution in [3.63, 3.8) is 0 Å². The monoisotopic (exact) mass is 415 g/mol. The summed E-state index contributed by atoms with van der Waals surface area (Å²) < 4.78 is 0. The molecule has 0 saturated carbocycles. The van der Waals surface area contributed by atoms with Gasteiger partial charge >= 0.3 is 0 Å². The van der Waals surface area contributed by atoms with Crippen molar-refractivity contribution in [1.29, 1.82) is 0 Å². The van der Waals surface area contributed by atoms with Crippen LogP contribution in [0.1, 0.15) is 35.4 Å². The summed E-state index contributed by atoms with van der Waals surface area (Å²) in [6, 6.07) is 7.22. The zero-order valence-corrected chi connectivity index (χ0v) is 16.9. The molecule has 0 radical (unpaired) electrons. The Kier molecular flexibility index (Phi) is 7.18. The van der Waals surface area contributed by atoms with Gasteiger partial charge in [0.05, 0.1) is 22.7 Å². The molecule has 154 valence electrons. The summed E-state index contributed by atoms with van der Waals surface area (Å²) in [5.41, 5.74) is 6.04. The van der Waals surface area contributed by atoms with Gasteiger partial charge in [-0.1, -0.05) is 6.07 Å². The molecule has 8 nitrogen and oxygen atoms in total. The van der Waals surface area contributed by atoms with E-state index < -0.39 is 0 Å². The van der Waals surface area contributed by atoms with Crippen LogP contribution in [0, 0.1) is 5.92 Å². The van der Waals surface area contributed by atoms with Gasteiger partial charge in [0.1, 0.15) is 5.82 Å². The first-order chi connectivity index (χ1) is 14.0. The predicted molar refractivity (Wildman–Crippen MR) is 113 cm³/mol. The topological polar surface area (TPSA) is 117 Å². The number of carbonyl (C=O) groups excluding carboxylic acids is 3. The largest absolute Gasteiger partial charge is 0.369 e. The van der Waals surface area contributed by atoms with E-state index >= 15 is 0 Å². The first kappa shape index (κ1) is 20.8. The molecule has 0 spiro atoms. The Morgan fingerprint density at radius 2 is 2.14 bits per heavy atom. The Bertz CT molecular complexity index is 838. The lowest BCUT2D eigenvalue weighted by Crippen LogP contribution is -2.41. The highest BCUT2D eigenvalue weighted by Gasteiger charge is 2.24. The molecule has 1 aliphatic heterocycles. The van der Waals surface area contributed by atoms with Crippen LogP contribution < -0.4 is 21.3 Å². The number of nitrogens with zero attached hydrogens (tertiary/aromatic N) is 2. The van der Waals surface area contributed by atoms with Gasteiger partial charge in [0.25, 0.3) is 5.91 Å². The van der Waals surface area contributed by atoms with Gasteiger partial charge in [0.15, 0.2) is 0 Å². The minimum atomic E-state index is -0.273. The summed E-state index contributed by atoms with van der Waals surface area (Å²) in [6.45, 7) is 1.85. The van der Waals surface area contributed by atoms with Crippen molar-refractivity contribution >= 4 is 40.6 Å². The first-order valence-electron chi connectivity index (χ1n) is 9.65. The van der Waals surface area contributed by atoms with Crippen LogP contribution in [0.5, 0.6) is 0 Å². The van der Waals surface area contributed by atoms with Crippen LogP contribution in [0.15, 0.2) is 35.8 Å². The fourth-order valence-corrected chi connectivity index (χ4v) is 3.87. The average molecular weight is 416 g/mol. The van der Waals surface area contributed by atoms with Gasteiger partial charge in [-0.2, -0.15) is 0 Å². The molecule has 3 heterocycles. The van der Waals surface area contributed by atoms with E-state index in [-0.39, 0.29) is 23.6 Å². The van der Waals surface area contributed by atoms with Gasteiger partial charge < -0.3 is 21.3 Å². The molecule has 9 heteroatoms. The maximum absolute atomic E-state index is 12.1. The Hall–Kier alpha value is -2.94. The molecular weight excluding hydrogens is 390 g/mol. The van der Waals surface area contributed by atoms with E-state index in [4.69, 9.17) is 5.73 Å². The molecule has 1 saturated heterocycles. The Morgan fingerprint density at radius 1 is 1.28 bits per heavy atom. The number of piperidine rings is 1. The molecule has 4 N–H and O–H groups in total. The van der Waals surface area contributed by atoms with Gasteiger partial charge in [-0.3, -0.25) is 14.4 Å². The quantitative estimate of drug-likeness (QED) is 0.570. The van der Waals surface area contributed by atoms with E-state index in [2.05, 4.69) is 15.6 Å². The van der Waals surface area contributed by atoms with Gasteiger partial charge in [-0.25, -0.2) is 4.98 Å². The Balaban J connectivity index is 1.40. The Morgan fingerprint density at radius 3 is 2.83 bits per heavy atom. The second kappa shape index (κ2) is 10.0. The maximum Gasteiger partial charge on any atom is 0.261 e. The number of pyridine rings is 1. The molecule has 2 aromatic heterocycles. The van der Waals surface area contributed by atoms with Gasteiger partial charge in [0, 0.05) is 26.1 Å². The molecule has 29 heavy (non-hydrogen) atoms. The molecule has 1 fully saturated rings. The third-order valence-corrected chi connectivity index (χ3v) is 5.66. The van der Waals surface area contributed by atoms with E-state index in [0.29, 0.717) is 36.5 Å². The van der Waals surface area contributed by atoms with Gasteiger partial charge in [0.2, 0.25) is 11.8 Å². The average Bonchev–Trinajstić information content (AvgIpc) is 3.27. The zero-order chi connectivity index (χ0) is 20.6. The van der Waals surface area contributed by atoms with Crippen LogP contribution in [-0.4, -0.2) is 42.3 Å². The van der Waals surface area contributed by atoms with E-state index in [9.17, 15) is 14.4 Å². The number of anilines is 2. The summed E-state index contributed by atoms with van der Waals surface area (Å²) in [5, 5.41) is 7.46. The van der Waals surface area contributed by atoms with Crippen LogP contribution in [0.4, 0.5) is 11.5 Å². The minimum absolute atomic E-state index is 0.114. The summed E-state index contributed by atoms with van der Waals surface area (Å²) in [7, 11) is 0. The molecular formula is C20H25N5O3S. The number of thiophene rings is 1. The number of hydrogen-bond acceptors (Lipinski definition) is 6. The second-order valence-corrected chi connectivity index (χ2v) is 7.93. The molecule has 1 unspecified atom stereocenters. The van der Waals surface area contributed by atoms with Crippen LogP contribution in [0.2, 0.25) is 0 Å². The van der Waals surface area contributed by atoms with Crippen molar-refractivity contribution in [2.24, 2.45) is 11.7 Å². The maximum atomic E-state index is 12.1. The fraction of sp³-hybridized carbons (Fsp3) is 0.400. The molecule has 0 aliphatic carbocycles. The fourth-order valence-electron chi connectivity index (χ4n) is 3.23. The molecule has 3 rings (SSSR count).